The average Bonchev–Trinajstić information content (AvgIpc) is 3.37. The molecule has 0 unspecified atom stereocenters. The first-order valence-electron chi connectivity index (χ1n) is 11.7. The van der Waals surface area contributed by atoms with E-state index in [1.807, 2.05) is 0 Å². The molecule has 200 valence electrons. The molecule has 1 aliphatic heterocycles. The molecule has 0 saturated carbocycles. The van der Waals surface area contributed by atoms with E-state index in [0.717, 1.165) is 0 Å². The summed E-state index contributed by atoms with van der Waals surface area (Å²) in [7, 11) is 4.42. The van der Waals surface area contributed by atoms with Gasteiger partial charge in [-0.3, -0.25) is 4.79 Å². The first-order valence-corrected chi connectivity index (χ1v) is 11.7. The molecule has 2 aromatic carbocycles. The van der Waals surface area contributed by atoms with Crippen LogP contribution in [0.3, 0.4) is 0 Å². The summed E-state index contributed by atoms with van der Waals surface area (Å²) in [6, 6.07) is 6.74. The number of aliphatic hydroxyl groups is 2. The van der Waals surface area contributed by atoms with Crippen LogP contribution in [0.15, 0.2) is 24.3 Å². The number of benzene rings is 2. The molecule has 11 heteroatoms. The molecule has 0 aromatic heterocycles. The van der Waals surface area contributed by atoms with Crippen LogP contribution in [0.2, 0.25) is 0 Å². The highest BCUT2D eigenvalue weighted by molar-refractivity contribution is 5.80. The largest absolute Gasteiger partial charge is 0.493 e. The number of hydrogen-bond donors (Lipinski definition) is 2. The molecule has 0 spiro atoms. The van der Waals surface area contributed by atoms with E-state index in [4.69, 9.17) is 33.2 Å². The Balaban J connectivity index is 1.89. The van der Waals surface area contributed by atoms with E-state index in [0.29, 0.717) is 45.4 Å². The van der Waals surface area contributed by atoms with Gasteiger partial charge in [0.1, 0.15) is 0 Å². The summed E-state index contributed by atoms with van der Waals surface area (Å²) < 4.78 is 37.7. The third-order valence-corrected chi connectivity index (χ3v) is 6.62. The molecule has 2 N–H and O–H groups in total. The molecule has 37 heavy (non-hydrogen) atoms. The van der Waals surface area contributed by atoms with Crippen molar-refractivity contribution in [3.05, 3.63) is 41.0 Å². The second-order valence-corrected chi connectivity index (χ2v) is 8.50. The number of fused-ring (bicyclic) bond motifs is 2. The number of aliphatic hydroxyl groups excluding tert-OH is 2. The molecule has 4 rings (SSSR count). The standard InChI is InChI=1S/C26H30O11/c1-5-34-21(28)11-35-26(30)23-16(10-27)24(29)15-9-18-17(36-12-37-18)8-14(15)22(23)13-6-19(31-2)25(33-4)20(7-13)32-3/h6-9,16,22-24,27,29H,5,10-12H2,1-4H3/t16-,22+,23+,24-/m0/s1. The van der Waals surface area contributed by atoms with Gasteiger partial charge in [0.2, 0.25) is 12.5 Å². The van der Waals surface area contributed by atoms with Crippen molar-refractivity contribution in [2.75, 3.05) is 47.9 Å². The number of ether oxygens (including phenoxy) is 7. The van der Waals surface area contributed by atoms with Crippen LogP contribution in [-0.4, -0.2) is 70.1 Å². The summed E-state index contributed by atoms with van der Waals surface area (Å²) in [6.45, 7) is 0.646. The van der Waals surface area contributed by atoms with Gasteiger partial charge >= 0.3 is 11.9 Å². The lowest BCUT2D eigenvalue weighted by molar-refractivity contribution is -0.165. The highest BCUT2D eigenvalue weighted by atomic mass is 16.7. The molecule has 0 bridgehead atoms. The van der Waals surface area contributed by atoms with Gasteiger partial charge in [-0.2, -0.15) is 0 Å². The Morgan fingerprint density at radius 3 is 2.11 bits per heavy atom. The summed E-state index contributed by atoms with van der Waals surface area (Å²) >= 11 is 0. The lowest BCUT2D eigenvalue weighted by Gasteiger charge is -2.41. The lowest BCUT2D eigenvalue weighted by Crippen LogP contribution is -2.41. The van der Waals surface area contributed by atoms with E-state index in [-0.39, 0.29) is 13.4 Å². The minimum Gasteiger partial charge on any atom is -0.493 e. The van der Waals surface area contributed by atoms with Crippen LogP contribution < -0.4 is 23.7 Å². The maximum atomic E-state index is 13.5. The van der Waals surface area contributed by atoms with Crippen LogP contribution in [0, 0.1) is 11.8 Å². The molecular weight excluding hydrogens is 488 g/mol. The molecule has 2 aromatic rings. The van der Waals surface area contributed by atoms with E-state index in [1.54, 1.807) is 31.2 Å². The Morgan fingerprint density at radius 2 is 1.57 bits per heavy atom. The van der Waals surface area contributed by atoms with Crippen molar-refractivity contribution in [3.63, 3.8) is 0 Å². The normalized spacial score (nSPS) is 21.6. The van der Waals surface area contributed by atoms with Crippen molar-refractivity contribution in [2.24, 2.45) is 11.8 Å². The van der Waals surface area contributed by atoms with Gasteiger partial charge in [-0.1, -0.05) is 0 Å². The van der Waals surface area contributed by atoms with Crippen molar-refractivity contribution in [1.82, 2.24) is 0 Å². The summed E-state index contributed by atoms with van der Waals surface area (Å²) in [5.41, 5.74) is 1.60. The van der Waals surface area contributed by atoms with E-state index < -0.39 is 49.0 Å². The Morgan fingerprint density at radius 1 is 0.946 bits per heavy atom. The summed E-state index contributed by atoms with van der Waals surface area (Å²) in [6.07, 6.45) is -1.23. The highest BCUT2D eigenvalue weighted by Gasteiger charge is 2.48. The number of rotatable bonds is 9. The van der Waals surface area contributed by atoms with E-state index in [9.17, 15) is 19.8 Å². The van der Waals surface area contributed by atoms with Gasteiger partial charge in [0.05, 0.1) is 40.0 Å². The fraction of sp³-hybridized carbons (Fsp3) is 0.462. The monoisotopic (exact) mass is 518 g/mol. The fourth-order valence-corrected chi connectivity index (χ4v) is 4.99. The molecule has 0 amide bonds. The van der Waals surface area contributed by atoms with Crippen molar-refractivity contribution in [3.8, 4) is 28.7 Å². The topological polar surface area (TPSA) is 139 Å². The quantitative estimate of drug-likeness (QED) is 0.471. The number of hydrogen-bond acceptors (Lipinski definition) is 11. The molecule has 4 atom stereocenters. The van der Waals surface area contributed by atoms with Gasteiger partial charge in [-0.15, -0.1) is 0 Å². The minimum absolute atomic E-state index is 0.0115. The number of carbonyl (C=O) groups is 2. The molecule has 1 aliphatic carbocycles. The van der Waals surface area contributed by atoms with Gasteiger partial charge in [-0.05, 0) is 47.9 Å². The van der Waals surface area contributed by atoms with Crippen LogP contribution in [0.25, 0.3) is 0 Å². The van der Waals surface area contributed by atoms with Crippen molar-refractivity contribution >= 4 is 11.9 Å². The predicted molar refractivity (Wildman–Crippen MR) is 127 cm³/mol. The Labute approximate surface area is 213 Å². The van der Waals surface area contributed by atoms with Gasteiger partial charge in [0.15, 0.2) is 29.6 Å². The minimum atomic E-state index is -1.23. The van der Waals surface area contributed by atoms with Crippen LogP contribution in [0.4, 0.5) is 0 Å². The Bertz CT molecular complexity index is 1140. The smallest absolute Gasteiger partial charge is 0.344 e. The van der Waals surface area contributed by atoms with Crippen LogP contribution in [-0.2, 0) is 19.1 Å². The Hall–Kier alpha value is -3.70. The summed E-state index contributed by atoms with van der Waals surface area (Å²) in [5, 5.41) is 21.6. The zero-order valence-corrected chi connectivity index (χ0v) is 21.0. The van der Waals surface area contributed by atoms with E-state index >= 15 is 0 Å². The number of carbonyl (C=O) groups excluding carboxylic acids is 2. The highest BCUT2D eigenvalue weighted by Crippen LogP contribution is 2.53. The van der Waals surface area contributed by atoms with Gasteiger partial charge < -0.3 is 43.4 Å². The third-order valence-electron chi connectivity index (χ3n) is 6.62. The molecule has 2 aliphatic rings. The van der Waals surface area contributed by atoms with Gasteiger partial charge in [0, 0.05) is 18.4 Å². The van der Waals surface area contributed by atoms with Gasteiger partial charge in [0.25, 0.3) is 0 Å². The fourth-order valence-electron chi connectivity index (χ4n) is 4.99. The van der Waals surface area contributed by atoms with Crippen LogP contribution in [0.1, 0.15) is 35.6 Å². The first kappa shape index (κ1) is 26.4. The second-order valence-electron chi connectivity index (χ2n) is 8.50. The van der Waals surface area contributed by atoms with Crippen molar-refractivity contribution in [2.45, 2.75) is 18.9 Å². The summed E-state index contributed by atoms with van der Waals surface area (Å²) in [5.74, 6) is -2.35. The molecule has 1 heterocycles. The maximum absolute atomic E-state index is 13.5. The van der Waals surface area contributed by atoms with Crippen molar-refractivity contribution < 1.29 is 53.0 Å². The van der Waals surface area contributed by atoms with Crippen molar-refractivity contribution in [1.29, 1.82) is 0 Å². The van der Waals surface area contributed by atoms with E-state index in [1.165, 1.54) is 21.3 Å². The molecule has 11 nitrogen and oxygen atoms in total. The summed E-state index contributed by atoms with van der Waals surface area (Å²) in [4.78, 5) is 25.4. The lowest BCUT2D eigenvalue weighted by atomic mass is 9.65. The van der Waals surface area contributed by atoms with Crippen LogP contribution >= 0.6 is 0 Å². The van der Waals surface area contributed by atoms with Crippen LogP contribution in [0.5, 0.6) is 28.7 Å². The predicted octanol–water partition coefficient (Wildman–Crippen LogP) is 1.95. The zero-order valence-electron chi connectivity index (χ0n) is 21.0. The van der Waals surface area contributed by atoms with E-state index in [2.05, 4.69) is 0 Å². The number of methoxy groups -OCH3 is 3. The van der Waals surface area contributed by atoms with Gasteiger partial charge in [-0.25, -0.2) is 4.79 Å². The number of esters is 2. The average molecular weight is 519 g/mol. The first-order chi connectivity index (χ1) is 17.9. The second kappa shape index (κ2) is 11.1. The molecule has 0 saturated heterocycles. The molecular formula is C26H30O11. The molecule has 0 fully saturated rings. The zero-order chi connectivity index (χ0) is 26.7. The third kappa shape index (κ3) is 4.84. The maximum Gasteiger partial charge on any atom is 0.344 e. The SMILES string of the molecule is CCOC(=O)COC(=O)[C@H]1[C@H](c2cc(OC)c(OC)c(OC)c2)c2cc3c(cc2[C@H](O)[C@H]1CO)OCO3. The Kier molecular flexibility index (Phi) is 7.94. The molecule has 0 radical (unpaired) electrons.